The first-order valence-corrected chi connectivity index (χ1v) is 6.19. The van der Waals surface area contributed by atoms with Crippen LogP contribution in [0.2, 0.25) is 0 Å². The van der Waals surface area contributed by atoms with Gasteiger partial charge in [-0.15, -0.1) is 0 Å². The lowest BCUT2D eigenvalue weighted by Crippen LogP contribution is -2.26. The molecule has 2 atom stereocenters. The molecule has 82 valence electrons. The van der Waals surface area contributed by atoms with Crippen molar-refractivity contribution < 1.29 is 0 Å². The third-order valence-electron chi connectivity index (χ3n) is 3.07. The highest BCUT2D eigenvalue weighted by Gasteiger charge is 2.27. The Kier molecular flexibility index (Phi) is 2.91. The zero-order valence-corrected chi connectivity index (χ0v) is 10.8. The summed E-state index contributed by atoms with van der Waals surface area (Å²) in [4.78, 5) is 2.45. The number of benzene rings is 1. The van der Waals surface area contributed by atoms with Gasteiger partial charge in [0.15, 0.2) is 0 Å². The molecule has 1 aromatic carbocycles. The molecule has 0 aliphatic carbocycles. The van der Waals surface area contributed by atoms with Crippen molar-refractivity contribution in [3.05, 3.63) is 22.7 Å². The molecule has 2 N–H and O–H groups in total. The van der Waals surface area contributed by atoms with Crippen LogP contribution in [-0.2, 0) is 0 Å². The van der Waals surface area contributed by atoms with E-state index < -0.39 is 0 Å². The van der Waals surface area contributed by atoms with Gasteiger partial charge in [0, 0.05) is 22.7 Å². The molecule has 2 nitrogen and oxygen atoms in total. The molecule has 1 heterocycles. The second-order valence-corrected chi connectivity index (χ2v) is 5.41. The third kappa shape index (κ3) is 2.12. The summed E-state index contributed by atoms with van der Waals surface area (Å²) in [7, 11) is 0. The summed E-state index contributed by atoms with van der Waals surface area (Å²) < 4.78 is 1.10. The molecular formula is C12H17BrN2. The van der Waals surface area contributed by atoms with Gasteiger partial charge in [-0.2, -0.15) is 0 Å². The molecule has 0 amide bonds. The van der Waals surface area contributed by atoms with Crippen LogP contribution in [0.15, 0.2) is 22.7 Å². The van der Waals surface area contributed by atoms with Crippen molar-refractivity contribution in [2.24, 2.45) is 5.92 Å². The van der Waals surface area contributed by atoms with Gasteiger partial charge in [-0.3, -0.25) is 0 Å². The topological polar surface area (TPSA) is 29.3 Å². The van der Waals surface area contributed by atoms with Crippen LogP contribution in [-0.4, -0.2) is 12.6 Å². The molecule has 1 saturated heterocycles. The number of nitrogens with zero attached hydrogens (tertiary/aromatic N) is 1. The second kappa shape index (κ2) is 4.05. The largest absolute Gasteiger partial charge is 0.399 e. The van der Waals surface area contributed by atoms with Crippen LogP contribution in [0.25, 0.3) is 0 Å². The minimum absolute atomic E-state index is 0.625. The summed E-state index contributed by atoms with van der Waals surface area (Å²) in [6.45, 7) is 5.73. The van der Waals surface area contributed by atoms with Crippen LogP contribution < -0.4 is 10.6 Å². The van der Waals surface area contributed by atoms with E-state index in [-0.39, 0.29) is 0 Å². The van der Waals surface area contributed by atoms with E-state index in [0.717, 1.165) is 22.6 Å². The van der Waals surface area contributed by atoms with E-state index >= 15 is 0 Å². The molecule has 0 bridgehead atoms. The molecule has 3 heteroatoms. The first-order chi connectivity index (χ1) is 7.08. The van der Waals surface area contributed by atoms with E-state index in [1.165, 1.54) is 12.1 Å². The highest BCUT2D eigenvalue weighted by atomic mass is 79.9. The molecule has 15 heavy (non-hydrogen) atoms. The van der Waals surface area contributed by atoms with Crippen molar-refractivity contribution >= 4 is 27.3 Å². The van der Waals surface area contributed by atoms with Crippen LogP contribution >= 0.6 is 15.9 Å². The fraction of sp³-hybridized carbons (Fsp3) is 0.500. The number of anilines is 2. The van der Waals surface area contributed by atoms with Gasteiger partial charge < -0.3 is 10.6 Å². The summed E-state index contributed by atoms with van der Waals surface area (Å²) in [6.07, 6.45) is 1.27. The summed E-state index contributed by atoms with van der Waals surface area (Å²) in [5, 5.41) is 0. The predicted molar refractivity (Wildman–Crippen MR) is 69.1 cm³/mol. The molecule has 0 saturated carbocycles. The minimum atomic E-state index is 0.625. The van der Waals surface area contributed by atoms with Crippen molar-refractivity contribution in [3.8, 4) is 0 Å². The summed E-state index contributed by atoms with van der Waals surface area (Å²) in [5.74, 6) is 0.782. The van der Waals surface area contributed by atoms with Crippen molar-refractivity contribution in [1.82, 2.24) is 0 Å². The molecule has 0 radical (unpaired) electrons. The maximum absolute atomic E-state index is 5.74. The van der Waals surface area contributed by atoms with E-state index in [2.05, 4.69) is 40.7 Å². The smallest absolute Gasteiger partial charge is 0.0514 e. The summed E-state index contributed by atoms with van der Waals surface area (Å²) >= 11 is 3.58. The summed E-state index contributed by atoms with van der Waals surface area (Å²) in [5.41, 5.74) is 7.82. The van der Waals surface area contributed by atoms with Gasteiger partial charge in [0.25, 0.3) is 0 Å². The normalized spacial score (nSPS) is 25.9. The Bertz CT molecular complexity index is 365. The fourth-order valence-corrected chi connectivity index (χ4v) is 3.02. The second-order valence-electron chi connectivity index (χ2n) is 4.55. The fourth-order valence-electron chi connectivity index (χ4n) is 2.39. The number of hydrogen-bond acceptors (Lipinski definition) is 2. The van der Waals surface area contributed by atoms with Crippen LogP contribution in [0.1, 0.15) is 20.3 Å². The summed E-state index contributed by atoms with van der Waals surface area (Å²) in [6, 6.07) is 6.68. The van der Waals surface area contributed by atoms with Gasteiger partial charge in [0.05, 0.1) is 5.69 Å². The first-order valence-electron chi connectivity index (χ1n) is 5.39. The Balaban J connectivity index is 2.29. The molecule has 2 unspecified atom stereocenters. The zero-order valence-electron chi connectivity index (χ0n) is 9.20. The predicted octanol–water partition coefficient (Wildman–Crippen LogP) is 3.27. The van der Waals surface area contributed by atoms with E-state index in [4.69, 9.17) is 5.73 Å². The first kappa shape index (κ1) is 10.8. The number of nitrogens with two attached hydrogens (primary N) is 1. The molecule has 2 rings (SSSR count). The SMILES string of the molecule is CC1CC(C)N(c2ccc(N)cc2Br)C1. The molecular weight excluding hydrogens is 252 g/mol. The van der Waals surface area contributed by atoms with Gasteiger partial charge in [-0.25, -0.2) is 0 Å². The van der Waals surface area contributed by atoms with Crippen molar-refractivity contribution in [2.75, 3.05) is 17.2 Å². The molecule has 1 fully saturated rings. The van der Waals surface area contributed by atoms with Crippen LogP contribution in [0.4, 0.5) is 11.4 Å². The Hall–Kier alpha value is -0.700. The maximum atomic E-state index is 5.74. The zero-order chi connectivity index (χ0) is 11.0. The lowest BCUT2D eigenvalue weighted by atomic mass is 10.1. The van der Waals surface area contributed by atoms with Gasteiger partial charge in [0.1, 0.15) is 0 Å². The number of hydrogen-bond donors (Lipinski definition) is 1. The van der Waals surface area contributed by atoms with Gasteiger partial charge >= 0.3 is 0 Å². The van der Waals surface area contributed by atoms with Gasteiger partial charge in [0.2, 0.25) is 0 Å². The molecule has 1 aliphatic heterocycles. The Morgan fingerprint density at radius 1 is 1.40 bits per heavy atom. The molecule has 0 aromatic heterocycles. The van der Waals surface area contributed by atoms with Crippen molar-refractivity contribution in [1.29, 1.82) is 0 Å². The Morgan fingerprint density at radius 3 is 2.67 bits per heavy atom. The van der Waals surface area contributed by atoms with Crippen LogP contribution in [0.3, 0.4) is 0 Å². The minimum Gasteiger partial charge on any atom is -0.399 e. The number of nitrogen functional groups attached to an aromatic ring is 1. The maximum Gasteiger partial charge on any atom is 0.0514 e. The molecule has 1 aliphatic rings. The Morgan fingerprint density at radius 2 is 2.13 bits per heavy atom. The number of rotatable bonds is 1. The average molecular weight is 269 g/mol. The lowest BCUT2D eigenvalue weighted by molar-refractivity contribution is 0.625. The van der Waals surface area contributed by atoms with Crippen molar-refractivity contribution in [2.45, 2.75) is 26.3 Å². The highest BCUT2D eigenvalue weighted by molar-refractivity contribution is 9.10. The number of halogens is 1. The standard InChI is InChI=1S/C12H17BrN2/c1-8-5-9(2)15(7-8)12-4-3-10(14)6-11(12)13/h3-4,6,8-9H,5,7,14H2,1-2H3. The van der Waals surface area contributed by atoms with E-state index in [0.29, 0.717) is 6.04 Å². The van der Waals surface area contributed by atoms with Gasteiger partial charge in [-0.1, -0.05) is 6.92 Å². The van der Waals surface area contributed by atoms with Gasteiger partial charge in [-0.05, 0) is 53.4 Å². The molecule has 0 spiro atoms. The third-order valence-corrected chi connectivity index (χ3v) is 3.70. The van der Waals surface area contributed by atoms with Crippen molar-refractivity contribution in [3.63, 3.8) is 0 Å². The van der Waals surface area contributed by atoms with Crippen LogP contribution in [0.5, 0.6) is 0 Å². The molecule has 1 aromatic rings. The average Bonchev–Trinajstić information content (AvgIpc) is 2.45. The monoisotopic (exact) mass is 268 g/mol. The lowest BCUT2D eigenvalue weighted by Gasteiger charge is -2.25. The highest BCUT2D eigenvalue weighted by Crippen LogP contribution is 2.34. The van der Waals surface area contributed by atoms with E-state index in [1.807, 2.05) is 12.1 Å². The Labute approximate surface area is 99.6 Å². The van der Waals surface area contributed by atoms with E-state index in [1.54, 1.807) is 0 Å². The van der Waals surface area contributed by atoms with Crippen LogP contribution in [0, 0.1) is 5.92 Å². The quantitative estimate of drug-likeness (QED) is 0.793. The van der Waals surface area contributed by atoms with E-state index in [9.17, 15) is 0 Å².